The van der Waals surface area contributed by atoms with Crippen molar-refractivity contribution in [1.29, 1.82) is 0 Å². The molecule has 2 aromatic heterocycles. The number of fused-ring (bicyclic) bond motifs is 3. The van der Waals surface area contributed by atoms with Crippen molar-refractivity contribution in [3.63, 3.8) is 0 Å². The van der Waals surface area contributed by atoms with Crippen molar-refractivity contribution in [2.75, 3.05) is 11.4 Å². The Hall–Kier alpha value is -2.95. The van der Waals surface area contributed by atoms with Gasteiger partial charge in [0.2, 0.25) is 0 Å². The third-order valence-electron chi connectivity index (χ3n) is 4.34. The summed E-state index contributed by atoms with van der Waals surface area (Å²) in [5.41, 5.74) is 2.05. The fraction of sp³-hybridized carbons (Fsp3) is 0.211. The zero-order chi connectivity index (χ0) is 16.5. The number of allylic oxidation sites excluding steroid dienone is 3. The Balaban J connectivity index is 1.97. The summed E-state index contributed by atoms with van der Waals surface area (Å²) >= 11 is 0. The minimum atomic E-state index is 0.603. The molecule has 1 aromatic carbocycles. The molecule has 120 valence electrons. The first kappa shape index (κ1) is 14.6. The molecular weight excluding hydrogens is 298 g/mol. The fourth-order valence-corrected chi connectivity index (χ4v) is 2.97. The van der Waals surface area contributed by atoms with Gasteiger partial charge in [-0.25, -0.2) is 0 Å². The SMILES string of the molecule is C=C/C=C(\C=C)N(CC1CC1)c1nc2nncn2c2ccccc12. The van der Waals surface area contributed by atoms with E-state index in [0.717, 1.165) is 29.0 Å². The van der Waals surface area contributed by atoms with Crippen LogP contribution in [0.3, 0.4) is 0 Å². The van der Waals surface area contributed by atoms with Crippen LogP contribution in [0.4, 0.5) is 5.82 Å². The van der Waals surface area contributed by atoms with Crippen molar-refractivity contribution in [2.45, 2.75) is 12.8 Å². The summed E-state index contributed by atoms with van der Waals surface area (Å²) in [6, 6.07) is 8.21. The molecule has 5 nitrogen and oxygen atoms in total. The summed E-state index contributed by atoms with van der Waals surface area (Å²) in [5, 5.41) is 9.23. The van der Waals surface area contributed by atoms with E-state index in [1.54, 1.807) is 12.4 Å². The Kier molecular flexibility index (Phi) is 3.61. The van der Waals surface area contributed by atoms with Gasteiger partial charge in [-0.3, -0.25) is 4.40 Å². The molecule has 1 aliphatic carbocycles. The summed E-state index contributed by atoms with van der Waals surface area (Å²) in [4.78, 5) is 7.01. The summed E-state index contributed by atoms with van der Waals surface area (Å²) in [6.07, 6.45) is 9.84. The van der Waals surface area contributed by atoms with E-state index in [2.05, 4.69) is 40.4 Å². The smallest absolute Gasteiger partial charge is 0.257 e. The van der Waals surface area contributed by atoms with Gasteiger partial charge in [-0.05, 0) is 43.0 Å². The van der Waals surface area contributed by atoms with Crippen LogP contribution in [0.25, 0.3) is 16.7 Å². The Bertz CT molecular complexity index is 949. The molecular formula is C19H19N5. The Morgan fingerprint density at radius 1 is 1.29 bits per heavy atom. The molecule has 3 aromatic rings. The van der Waals surface area contributed by atoms with E-state index in [1.165, 1.54) is 12.8 Å². The maximum Gasteiger partial charge on any atom is 0.257 e. The summed E-state index contributed by atoms with van der Waals surface area (Å²) in [6.45, 7) is 8.72. The summed E-state index contributed by atoms with van der Waals surface area (Å²) < 4.78 is 1.92. The van der Waals surface area contributed by atoms with Gasteiger partial charge in [0, 0.05) is 17.6 Å². The minimum Gasteiger partial charge on any atom is -0.325 e. The molecule has 1 fully saturated rings. The monoisotopic (exact) mass is 317 g/mol. The highest BCUT2D eigenvalue weighted by atomic mass is 15.3. The van der Waals surface area contributed by atoms with Gasteiger partial charge in [0.1, 0.15) is 12.1 Å². The lowest BCUT2D eigenvalue weighted by molar-refractivity contribution is 0.787. The standard InChI is InChI=1S/C19H19N5/c1-3-7-15(4-2)23(12-14-10-11-14)18-16-8-5-6-9-17(16)24-13-20-22-19(24)21-18/h3-9,13-14H,1-2,10-12H2/b15-7+. The van der Waals surface area contributed by atoms with E-state index in [0.29, 0.717) is 11.7 Å². The van der Waals surface area contributed by atoms with Gasteiger partial charge in [0.15, 0.2) is 0 Å². The van der Waals surface area contributed by atoms with E-state index in [4.69, 9.17) is 4.98 Å². The van der Waals surface area contributed by atoms with E-state index in [-0.39, 0.29) is 0 Å². The lowest BCUT2D eigenvalue weighted by atomic mass is 10.2. The number of hydrogen-bond acceptors (Lipinski definition) is 4. The Morgan fingerprint density at radius 2 is 2.12 bits per heavy atom. The van der Waals surface area contributed by atoms with Gasteiger partial charge in [-0.15, -0.1) is 10.2 Å². The van der Waals surface area contributed by atoms with Crippen molar-refractivity contribution in [2.24, 2.45) is 5.92 Å². The highest BCUT2D eigenvalue weighted by Gasteiger charge is 2.27. The highest BCUT2D eigenvalue weighted by molar-refractivity contribution is 5.92. The van der Waals surface area contributed by atoms with E-state index in [1.807, 2.05) is 28.7 Å². The van der Waals surface area contributed by atoms with Gasteiger partial charge < -0.3 is 4.90 Å². The average molecular weight is 317 g/mol. The van der Waals surface area contributed by atoms with Crippen molar-refractivity contribution in [1.82, 2.24) is 19.6 Å². The van der Waals surface area contributed by atoms with Gasteiger partial charge >= 0.3 is 0 Å². The van der Waals surface area contributed by atoms with Crippen molar-refractivity contribution >= 4 is 22.5 Å². The molecule has 0 unspecified atom stereocenters. The van der Waals surface area contributed by atoms with Crippen molar-refractivity contribution in [3.05, 3.63) is 67.7 Å². The Morgan fingerprint density at radius 3 is 2.88 bits per heavy atom. The molecule has 1 aliphatic rings. The fourth-order valence-electron chi connectivity index (χ4n) is 2.97. The molecule has 0 saturated heterocycles. The van der Waals surface area contributed by atoms with Crippen LogP contribution in [0, 0.1) is 5.92 Å². The quantitative estimate of drug-likeness (QED) is 0.650. The topological polar surface area (TPSA) is 46.3 Å². The van der Waals surface area contributed by atoms with E-state index < -0.39 is 0 Å². The summed E-state index contributed by atoms with van der Waals surface area (Å²) in [5.74, 6) is 2.20. The van der Waals surface area contributed by atoms with Crippen LogP contribution in [0.2, 0.25) is 0 Å². The highest BCUT2D eigenvalue weighted by Crippen LogP contribution is 2.35. The maximum atomic E-state index is 4.79. The van der Waals surface area contributed by atoms with Crippen LogP contribution < -0.4 is 4.90 Å². The Labute approximate surface area is 140 Å². The number of benzene rings is 1. The molecule has 0 spiro atoms. The second-order valence-electron chi connectivity index (χ2n) is 6.04. The van der Waals surface area contributed by atoms with Crippen LogP contribution in [0.5, 0.6) is 0 Å². The van der Waals surface area contributed by atoms with Gasteiger partial charge in [0.05, 0.1) is 5.52 Å². The third-order valence-corrected chi connectivity index (χ3v) is 4.34. The van der Waals surface area contributed by atoms with Gasteiger partial charge in [-0.1, -0.05) is 31.4 Å². The number of aromatic nitrogens is 4. The maximum absolute atomic E-state index is 4.79. The zero-order valence-electron chi connectivity index (χ0n) is 13.5. The first-order valence-electron chi connectivity index (χ1n) is 8.13. The van der Waals surface area contributed by atoms with Crippen LogP contribution in [0.15, 0.2) is 67.7 Å². The number of rotatable bonds is 6. The molecule has 0 amide bonds. The number of anilines is 1. The number of para-hydroxylation sites is 1. The normalized spacial score (nSPS) is 14.9. The van der Waals surface area contributed by atoms with Crippen LogP contribution in [-0.4, -0.2) is 26.1 Å². The first-order chi connectivity index (χ1) is 11.8. The molecule has 0 atom stereocenters. The van der Waals surface area contributed by atoms with Crippen molar-refractivity contribution in [3.8, 4) is 0 Å². The molecule has 0 radical (unpaired) electrons. The lowest BCUT2D eigenvalue weighted by Gasteiger charge is -2.26. The summed E-state index contributed by atoms with van der Waals surface area (Å²) in [7, 11) is 0. The molecule has 4 rings (SSSR count). The third kappa shape index (κ3) is 2.48. The molecule has 0 aliphatic heterocycles. The molecule has 24 heavy (non-hydrogen) atoms. The average Bonchev–Trinajstić information content (AvgIpc) is 3.31. The van der Waals surface area contributed by atoms with Crippen LogP contribution in [0.1, 0.15) is 12.8 Å². The predicted octanol–water partition coefficient (Wildman–Crippen LogP) is 3.75. The molecule has 2 heterocycles. The first-order valence-corrected chi connectivity index (χ1v) is 8.13. The minimum absolute atomic E-state index is 0.603. The predicted molar refractivity (Wildman–Crippen MR) is 96.8 cm³/mol. The molecule has 0 N–H and O–H groups in total. The number of nitrogens with zero attached hydrogens (tertiary/aromatic N) is 5. The zero-order valence-corrected chi connectivity index (χ0v) is 13.5. The second-order valence-corrected chi connectivity index (χ2v) is 6.04. The second kappa shape index (κ2) is 5.92. The molecule has 1 saturated carbocycles. The number of hydrogen-bond donors (Lipinski definition) is 0. The molecule has 0 bridgehead atoms. The molecule has 5 heteroatoms. The van der Waals surface area contributed by atoms with Crippen LogP contribution in [-0.2, 0) is 0 Å². The lowest BCUT2D eigenvalue weighted by Crippen LogP contribution is -2.25. The van der Waals surface area contributed by atoms with Crippen molar-refractivity contribution < 1.29 is 0 Å². The largest absolute Gasteiger partial charge is 0.325 e. The van der Waals surface area contributed by atoms with E-state index in [9.17, 15) is 0 Å². The van der Waals surface area contributed by atoms with E-state index >= 15 is 0 Å². The van der Waals surface area contributed by atoms with Gasteiger partial charge in [0.25, 0.3) is 5.78 Å². The van der Waals surface area contributed by atoms with Crippen LogP contribution >= 0.6 is 0 Å². The van der Waals surface area contributed by atoms with Gasteiger partial charge in [-0.2, -0.15) is 4.98 Å².